The number of aromatic nitrogens is 1. The first-order valence-corrected chi connectivity index (χ1v) is 6.44. The summed E-state index contributed by atoms with van der Waals surface area (Å²) in [7, 11) is 0. The fourth-order valence-corrected chi connectivity index (χ4v) is 1.81. The fourth-order valence-electron chi connectivity index (χ4n) is 1.81. The number of rotatable bonds is 1. The fraction of sp³-hybridized carbons (Fsp3) is 0.500. The van der Waals surface area contributed by atoms with Crippen molar-refractivity contribution < 1.29 is 19.1 Å². The number of hydrogen-bond donors (Lipinski definition) is 1. The normalized spacial score (nSPS) is 18.6. The van der Waals surface area contributed by atoms with Crippen molar-refractivity contribution in [3.05, 3.63) is 24.0 Å². The van der Waals surface area contributed by atoms with Gasteiger partial charge < -0.3 is 14.8 Å². The maximum Gasteiger partial charge on any atom is 0.408 e. The van der Waals surface area contributed by atoms with E-state index in [9.17, 15) is 9.59 Å². The standard InChI is InChI=1S/C14H18N2O4/c1-14(2,3)20-13(18)16-10-8-19-12-5-4-6-15-9(12)7-11(10)17/h4-6,10H,7-8H2,1-3H3,(H,16,18)/t10-/m0/s1. The van der Waals surface area contributed by atoms with Crippen LogP contribution in [0.15, 0.2) is 18.3 Å². The summed E-state index contributed by atoms with van der Waals surface area (Å²) in [5.74, 6) is 0.433. The van der Waals surface area contributed by atoms with Gasteiger partial charge in [0.25, 0.3) is 0 Å². The van der Waals surface area contributed by atoms with E-state index in [1.165, 1.54) is 0 Å². The van der Waals surface area contributed by atoms with Crippen LogP contribution in [0.2, 0.25) is 0 Å². The van der Waals surface area contributed by atoms with E-state index in [-0.39, 0.29) is 18.8 Å². The van der Waals surface area contributed by atoms with Crippen LogP contribution in [0.4, 0.5) is 4.79 Å². The number of nitrogens with zero attached hydrogens (tertiary/aromatic N) is 1. The van der Waals surface area contributed by atoms with Crippen LogP contribution in [0.3, 0.4) is 0 Å². The summed E-state index contributed by atoms with van der Waals surface area (Å²) in [4.78, 5) is 27.9. The molecule has 1 atom stereocenters. The van der Waals surface area contributed by atoms with Crippen LogP contribution < -0.4 is 10.1 Å². The van der Waals surface area contributed by atoms with Crippen molar-refractivity contribution in [3.63, 3.8) is 0 Å². The number of ketones is 1. The van der Waals surface area contributed by atoms with E-state index in [4.69, 9.17) is 9.47 Å². The van der Waals surface area contributed by atoms with Crippen LogP contribution in [0.5, 0.6) is 5.75 Å². The van der Waals surface area contributed by atoms with Crippen molar-refractivity contribution in [2.24, 2.45) is 0 Å². The number of alkyl carbamates (subject to hydrolysis) is 1. The summed E-state index contributed by atoms with van der Waals surface area (Å²) >= 11 is 0. The SMILES string of the molecule is CC(C)(C)OC(=O)N[C@H]1COc2cccnc2CC1=O. The number of carbonyl (C=O) groups is 2. The molecule has 1 aromatic heterocycles. The van der Waals surface area contributed by atoms with Gasteiger partial charge in [0, 0.05) is 6.20 Å². The van der Waals surface area contributed by atoms with Gasteiger partial charge in [-0.2, -0.15) is 0 Å². The number of nitrogens with one attached hydrogen (secondary N) is 1. The number of pyridine rings is 1. The first kappa shape index (κ1) is 14.3. The molecular formula is C14H18N2O4. The summed E-state index contributed by atoms with van der Waals surface area (Å²) < 4.78 is 10.6. The van der Waals surface area contributed by atoms with Gasteiger partial charge in [-0.25, -0.2) is 4.79 Å². The second-order valence-electron chi connectivity index (χ2n) is 5.60. The molecule has 20 heavy (non-hydrogen) atoms. The van der Waals surface area contributed by atoms with Gasteiger partial charge in [0.15, 0.2) is 5.78 Å². The van der Waals surface area contributed by atoms with E-state index in [0.29, 0.717) is 11.4 Å². The Morgan fingerprint density at radius 3 is 2.95 bits per heavy atom. The second kappa shape index (κ2) is 5.48. The molecule has 1 aromatic rings. The molecule has 108 valence electrons. The maximum absolute atomic E-state index is 12.1. The highest BCUT2D eigenvalue weighted by Gasteiger charge is 2.28. The van der Waals surface area contributed by atoms with Gasteiger partial charge in [0.2, 0.25) is 0 Å². The predicted molar refractivity (Wildman–Crippen MR) is 71.6 cm³/mol. The third-order valence-electron chi connectivity index (χ3n) is 2.68. The van der Waals surface area contributed by atoms with Gasteiger partial charge in [-0.1, -0.05) is 0 Å². The first-order chi connectivity index (χ1) is 9.35. The summed E-state index contributed by atoms with van der Waals surface area (Å²) in [6, 6.07) is 2.77. The summed E-state index contributed by atoms with van der Waals surface area (Å²) in [6.45, 7) is 5.37. The first-order valence-electron chi connectivity index (χ1n) is 6.44. The van der Waals surface area contributed by atoms with Crippen LogP contribution in [-0.2, 0) is 16.0 Å². The molecule has 0 saturated heterocycles. The van der Waals surface area contributed by atoms with E-state index in [0.717, 1.165) is 0 Å². The van der Waals surface area contributed by atoms with Crippen LogP contribution in [-0.4, -0.2) is 35.1 Å². The average molecular weight is 278 g/mol. The highest BCUT2D eigenvalue weighted by Crippen LogP contribution is 2.20. The van der Waals surface area contributed by atoms with Crippen LogP contribution in [0.25, 0.3) is 0 Å². The number of Topliss-reactive ketones (excluding diaryl/α,β-unsaturated/α-hetero) is 1. The lowest BCUT2D eigenvalue weighted by atomic mass is 10.1. The van der Waals surface area contributed by atoms with Gasteiger partial charge in [-0.15, -0.1) is 0 Å². The number of hydrogen-bond acceptors (Lipinski definition) is 5. The van der Waals surface area contributed by atoms with Crippen molar-refractivity contribution in [2.45, 2.75) is 38.8 Å². The van der Waals surface area contributed by atoms with Crippen molar-refractivity contribution in [3.8, 4) is 5.75 Å². The Labute approximate surface area is 117 Å². The Morgan fingerprint density at radius 1 is 1.50 bits per heavy atom. The highest BCUT2D eigenvalue weighted by atomic mass is 16.6. The topological polar surface area (TPSA) is 77.5 Å². The largest absolute Gasteiger partial charge is 0.489 e. The highest BCUT2D eigenvalue weighted by molar-refractivity contribution is 5.89. The quantitative estimate of drug-likeness (QED) is 0.842. The zero-order chi connectivity index (χ0) is 14.8. The molecule has 0 unspecified atom stereocenters. The lowest BCUT2D eigenvalue weighted by Crippen LogP contribution is -2.46. The molecule has 1 amide bonds. The Kier molecular flexibility index (Phi) is 3.92. The number of amides is 1. The molecule has 1 N–H and O–H groups in total. The minimum absolute atomic E-state index is 0.0801. The molecule has 0 bridgehead atoms. The Morgan fingerprint density at radius 2 is 2.25 bits per heavy atom. The van der Waals surface area contributed by atoms with Crippen LogP contribution in [0.1, 0.15) is 26.5 Å². The lowest BCUT2D eigenvalue weighted by molar-refractivity contribution is -0.120. The maximum atomic E-state index is 12.1. The lowest BCUT2D eigenvalue weighted by Gasteiger charge is -2.22. The molecule has 1 aliphatic heterocycles. The van der Waals surface area contributed by atoms with E-state index in [1.807, 2.05) is 0 Å². The monoisotopic (exact) mass is 278 g/mol. The molecule has 1 aliphatic rings. The zero-order valence-corrected chi connectivity index (χ0v) is 11.8. The minimum Gasteiger partial charge on any atom is -0.489 e. The van der Waals surface area contributed by atoms with Gasteiger partial charge in [0.1, 0.15) is 24.0 Å². The molecule has 0 fully saturated rings. The van der Waals surface area contributed by atoms with Crippen molar-refractivity contribution in [1.82, 2.24) is 10.3 Å². The average Bonchev–Trinajstić information content (AvgIpc) is 2.47. The zero-order valence-electron chi connectivity index (χ0n) is 11.8. The smallest absolute Gasteiger partial charge is 0.408 e. The minimum atomic E-state index is -0.723. The number of fused-ring (bicyclic) bond motifs is 1. The molecule has 0 aliphatic carbocycles. The van der Waals surface area contributed by atoms with Gasteiger partial charge >= 0.3 is 6.09 Å². The Hall–Kier alpha value is -2.11. The van der Waals surface area contributed by atoms with E-state index >= 15 is 0 Å². The molecule has 0 saturated carbocycles. The molecule has 6 nitrogen and oxygen atoms in total. The summed E-state index contributed by atoms with van der Waals surface area (Å²) in [5, 5.41) is 2.54. The summed E-state index contributed by atoms with van der Waals surface area (Å²) in [6.07, 6.45) is 1.12. The second-order valence-corrected chi connectivity index (χ2v) is 5.60. The van der Waals surface area contributed by atoms with E-state index < -0.39 is 17.7 Å². The molecule has 6 heteroatoms. The number of carbonyl (C=O) groups excluding carboxylic acids is 2. The predicted octanol–water partition coefficient (Wildman–Crippen LogP) is 1.48. The van der Waals surface area contributed by atoms with Crippen molar-refractivity contribution >= 4 is 11.9 Å². The van der Waals surface area contributed by atoms with Crippen LogP contribution in [0, 0.1) is 0 Å². The van der Waals surface area contributed by atoms with Gasteiger partial charge in [-0.05, 0) is 32.9 Å². The number of ether oxygens (including phenoxy) is 2. The van der Waals surface area contributed by atoms with Gasteiger partial charge in [-0.3, -0.25) is 9.78 Å². The molecule has 2 rings (SSSR count). The van der Waals surface area contributed by atoms with Crippen molar-refractivity contribution in [2.75, 3.05) is 6.61 Å². The molecule has 0 radical (unpaired) electrons. The van der Waals surface area contributed by atoms with E-state index in [2.05, 4.69) is 10.3 Å². The Balaban J connectivity index is 2.02. The molecular weight excluding hydrogens is 260 g/mol. The Bertz CT molecular complexity index is 522. The van der Waals surface area contributed by atoms with Crippen LogP contribution >= 0.6 is 0 Å². The van der Waals surface area contributed by atoms with E-state index in [1.54, 1.807) is 39.1 Å². The third kappa shape index (κ3) is 3.69. The molecule has 2 heterocycles. The third-order valence-corrected chi connectivity index (χ3v) is 2.68. The van der Waals surface area contributed by atoms with Gasteiger partial charge in [0.05, 0.1) is 12.1 Å². The van der Waals surface area contributed by atoms with Crippen molar-refractivity contribution in [1.29, 1.82) is 0 Å². The molecule has 0 aromatic carbocycles. The molecule has 0 spiro atoms. The summed E-state index contributed by atoms with van der Waals surface area (Å²) in [5.41, 5.74) is -0.0190.